The summed E-state index contributed by atoms with van der Waals surface area (Å²) >= 11 is 0. The molecule has 0 saturated heterocycles. The van der Waals surface area contributed by atoms with Gasteiger partial charge in [0, 0.05) is 0 Å². The summed E-state index contributed by atoms with van der Waals surface area (Å²) in [6, 6.07) is -0.426. The minimum atomic E-state index is -1.90. The van der Waals surface area contributed by atoms with Gasteiger partial charge in [0.05, 0.1) is 18.8 Å². The van der Waals surface area contributed by atoms with Crippen molar-refractivity contribution in [1.29, 1.82) is 0 Å². The van der Waals surface area contributed by atoms with Crippen molar-refractivity contribution in [3.8, 4) is 0 Å². The van der Waals surface area contributed by atoms with Crippen LogP contribution in [0.25, 0.3) is 0 Å². The van der Waals surface area contributed by atoms with Crippen molar-refractivity contribution in [2.75, 3.05) is 6.61 Å². The second-order valence-electron chi connectivity index (χ2n) is 8.07. The summed E-state index contributed by atoms with van der Waals surface area (Å²) in [5.74, 6) is 0. The Balaban J connectivity index is 4.35. The molecule has 2 N–H and O–H groups in total. The molecule has 0 rings (SSSR count). The van der Waals surface area contributed by atoms with E-state index < -0.39 is 32.2 Å². The van der Waals surface area contributed by atoms with Gasteiger partial charge in [-0.05, 0) is 45.8 Å². The van der Waals surface area contributed by atoms with Crippen molar-refractivity contribution in [2.45, 2.75) is 84.3 Å². The molecule has 6 heteroatoms. The van der Waals surface area contributed by atoms with E-state index in [0.717, 1.165) is 0 Å². The molecule has 0 aromatic rings. The van der Waals surface area contributed by atoms with Gasteiger partial charge in [-0.2, -0.15) is 0 Å². The standard InChI is InChI=1S/C15H33NO4Si/c1-11(16-13(18)20-14(2,3)4)12(17)10-19-21(8,9)15(5,6)7/h11-12,17H,10H2,1-9H3,(H,16,18)/t11-,12-/m1/s1. The van der Waals surface area contributed by atoms with Gasteiger partial charge < -0.3 is 19.6 Å². The van der Waals surface area contributed by atoms with Crippen LogP contribution < -0.4 is 5.32 Å². The van der Waals surface area contributed by atoms with Crippen LogP contribution in [0.1, 0.15) is 48.5 Å². The van der Waals surface area contributed by atoms with Crippen LogP contribution in [-0.2, 0) is 9.16 Å². The quantitative estimate of drug-likeness (QED) is 0.763. The topological polar surface area (TPSA) is 67.8 Å². The lowest BCUT2D eigenvalue weighted by molar-refractivity contribution is 0.0359. The van der Waals surface area contributed by atoms with Gasteiger partial charge in [-0.1, -0.05) is 20.8 Å². The first kappa shape index (κ1) is 20.4. The molecule has 0 fully saturated rings. The number of hydrogen-bond donors (Lipinski definition) is 2. The molecule has 0 spiro atoms. The Bertz CT molecular complexity index is 345. The van der Waals surface area contributed by atoms with Gasteiger partial charge in [0.25, 0.3) is 0 Å². The Morgan fingerprint density at radius 2 is 1.67 bits per heavy atom. The predicted molar refractivity (Wildman–Crippen MR) is 88.0 cm³/mol. The molecule has 0 saturated carbocycles. The van der Waals surface area contributed by atoms with Gasteiger partial charge in [-0.3, -0.25) is 0 Å². The van der Waals surface area contributed by atoms with E-state index in [-0.39, 0.29) is 11.6 Å². The van der Waals surface area contributed by atoms with Crippen molar-refractivity contribution in [1.82, 2.24) is 5.32 Å². The van der Waals surface area contributed by atoms with Gasteiger partial charge in [0.1, 0.15) is 5.60 Å². The van der Waals surface area contributed by atoms with E-state index in [1.165, 1.54) is 0 Å². The number of amides is 1. The fourth-order valence-corrected chi connectivity index (χ4v) is 2.26. The monoisotopic (exact) mass is 319 g/mol. The molecule has 0 radical (unpaired) electrons. The second-order valence-corrected chi connectivity index (χ2v) is 12.9. The number of aliphatic hydroxyl groups excluding tert-OH is 1. The summed E-state index contributed by atoms with van der Waals surface area (Å²) in [6.45, 7) is 18.1. The Kier molecular flexibility index (Phi) is 6.91. The number of ether oxygens (including phenoxy) is 1. The van der Waals surface area contributed by atoms with E-state index in [9.17, 15) is 9.90 Å². The van der Waals surface area contributed by atoms with Gasteiger partial charge in [0.15, 0.2) is 8.32 Å². The van der Waals surface area contributed by atoms with Crippen LogP contribution in [0.2, 0.25) is 18.1 Å². The normalized spacial score (nSPS) is 16.3. The molecular formula is C15H33NO4Si. The summed E-state index contributed by atoms with van der Waals surface area (Å²) in [5, 5.41) is 12.8. The lowest BCUT2D eigenvalue weighted by Gasteiger charge is -2.37. The number of aliphatic hydroxyl groups is 1. The molecule has 5 nitrogen and oxygen atoms in total. The molecule has 21 heavy (non-hydrogen) atoms. The molecular weight excluding hydrogens is 286 g/mol. The first-order valence-corrected chi connectivity index (χ1v) is 10.4. The fraction of sp³-hybridized carbons (Fsp3) is 0.933. The van der Waals surface area contributed by atoms with Crippen molar-refractivity contribution in [3.63, 3.8) is 0 Å². The maximum Gasteiger partial charge on any atom is 0.407 e. The van der Waals surface area contributed by atoms with E-state index in [1.54, 1.807) is 27.7 Å². The van der Waals surface area contributed by atoms with Crippen LogP contribution in [-0.4, -0.2) is 43.9 Å². The Labute approximate surface area is 130 Å². The van der Waals surface area contributed by atoms with E-state index in [0.29, 0.717) is 0 Å². The summed E-state index contributed by atoms with van der Waals surface area (Å²) in [7, 11) is -1.90. The third kappa shape index (κ3) is 7.83. The summed E-state index contributed by atoms with van der Waals surface area (Å²) in [5.41, 5.74) is -0.549. The Morgan fingerprint density at radius 3 is 2.05 bits per heavy atom. The first-order chi connectivity index (χ1) is 9.16. The minimum Gasteiger partial charge on any atom is -0.444 e. The molecule has 0 aliphatic heterocycles. The van der Waals surface area contributed by atoms with Gasteiger partial charge in [-0.25, -0.2) is 4.79 Å². The minimum absolute atomic E-state index is 0.0918. The van der Waals surface area contributed by atoms with Gasteiger partial charge in [0.2, 0.25) is 0 Å². The SMILES string of the molecule is C[C@@H](NC(=O)OC(C)(C)C)[C@H](O)CO[Si](C)(C)C(C)(C)C. The fourth-order valence-electron chi connectivity index (χ4n) is 1.24. The van der Waals surface area contributed by atoms with Crippen molar-refractivity contribution in [3.05, 3.63) is 0 Å². The maximum absolute atomic E-state index is 11.7. The van der Waals surface area contributed by atoms with Crippen LogP contribution in [0.4, 0.5) is 4.79 Å². The lowest BCUT2D eigenvalue weighted by atomic mass is 10.2. The van der Waals surface area contributed by atoms with Crippen molar-refractivity contribution >= 4 is 14.4 Å². The molecule has 2 atom stereocenters. The highest BCUT2D eigenvalue weighted by molar-refractivity contribution is 6.74. The zero-order chi connectivity index (χ0) is 17.1. The second kappa shape index (κ2) is 7.11. The average molecular weight is 320 g/mol. The van der Waals surface area contributed by atoms with E-state index in [4.69, 9.17) is 9.16 Å². The zero-order valence-electron chi connectivity index (χ0n) is 15.0. The number of alkyl carbamates (subject to hydrolysis) is 1. The number of rotatable bonds is 5. The summed E-state index contributed by atoms with van der Waals surface area (Å²) in [6.07, 6.45) is -1.28. The van der Waals surface area contributed by atoms with Crippen LogP contribution in [0.15, 0.2) is 0 Å². The molecule has 126 valence electrons. The van der Waals surface area contributed by atoms with Crippen LogP contribution in [0, 0.1) is 0 Å². The molecule has 0 aromatic heterocycles. The number of carbonyl (C=O) groups is 1. The molecule has 0 aliphatic rings. The van der Waals surface area contributed by atoms with E-state index >= 15 is 0 Å². The molecule has 0 aromatic carbocycles. The highest BCUT2D eigenvalue weighted by Crippen LogP contribution is 2.36. The number of nitrogens with one attached hydrogen (secondary N) is 1. The van der Waals surface area contributed by atoms with E-state index in [2.05, 4.69) is 39.2 Å². The average Bonchev–Trinajstić information content (AvgIpc) is 2.21. The van der Waals surface area contributed by atoms with Crippen LogP contribution >= 0.6 is 0 Å². The van der Waals surface area contributed by atoms with Gasteiger partial charge >= 0.3 is 6.09 Å². The molecule has 1 amide bonds. The maximum atomic E-state index is 11.7. The lowest BCUT2D eigenvalue weighted by Crippen LogP contribution is -2.48. The molecule has 0 heterocycles. The number of carbonyl (C=O) groups excluding carboxylic acids is 1. The predicted octanol–water partition coefficient (Wildman–Crippen LogP) is 3.28. The third-order valence-corrected chi connectivity index (χ3v) is 8.24. The van der Waals surface area contributed by atoms with Crippen molar-refractivity contribution < 1.29 is 19.1 Å². The Hall–Kier alpha value is -0.593. The molecule has 0 bridgehead atoms. The summed E-state index contributed by atoms with van der Waals surface area (Å²) < 4.78 is 11.1. The van der Waals surface area contributed by atoms with Crippen molar-refractivity contribution in [2.24, 2.45) is 0 Å². The highest BCUT2D eigenvalue weighted by atomic mass is 28.4. The third-order valence-electron chi connectivity index (χ3n) is 3.74. The molecule has 0 unspecified atom stereocenters. The number of hydrogen-bond acceptors (Lipinski definition) is 4. The Morgan fingerprint density at radius 1 is 1.19 bits per heavy atom. The smallest absolute Gasteiger partial charge is 0.407 e. The van der Waals surface area contributed by atoms with E-state index in [1.807, 2.05) is 0 Å². The van der Waals surface area contributed by atoms with Crippen LogP contribution in [0.3, 0.4) is 0 Å². The first-order valence-electron chi connectivity index (χ1n) is 7.47. The van der Waals surface area contributed by atoms with Crippen LogP contribution in [0.5, 0.6) is 0 Å². The summed E-state index contributed by atoms with van der Waals surface area (Å²) in [4.78, 5) is 11.7. The zero-order valence-corrected chi connectivity index (χ0v) is 16.0. The largest absolute Gasteiger partial charge is 0.444 e. The molecule has 0 aliphatic carbocycles. The highest BCUT2D eigenvalue weighted by Gasteiger charge is 2.38. The van der Waals surface area contributed by atoms with Gasteiger partial charge in [-0.15, -0.1) is 0 Å².